The van der Waals surface area contributed by atoms with Gasteiger partial charge in [0.15, 0.2) is 0 Å². The van der Waals surface area contributed by atoms with Crippen molar-refractivity contribution >= 4 is 22.4 Å². The minimum atomic E-state index is -0.328. The second-order valence-electron chi connectivity index (χ2n) is 2.71. The van der Waals surface area contributed by atoms with Crippen LogP contribution in [-0.4, -0.2) is 28.0 Å². The van der Waals surface area contributed by atoms with Gasteiger partial charge in [-0.2, -0.15) is 0 Å². The molecule has 0 rings (SSSR count). The van der Waals surface area contributed by atoms with E-state index < -0.39 is 0 Å². The summed E-state index contributed by atoms with van der Waals surface area (Å²) in [6.07, 6.45) is 0. The van der Waals surface area contributed by atoms with Crippen LogP contribution in [0.5, 0.6) is 0 Å². The van der Waals surface area contributed by atoms with Crippen molar-refractivity contribution in [2.24, 2.45) is 0 Å². The average molecular weight is 108 g/mol. The van der Waals surface area contributed by atoms with Gasteiger partial charge < -0.3 is 0 Å². The maximum absolute atomic E-state index is 10.2. The standard InChI is InChI=1S/C5H9O2.Li/c1-5(2,3)7-4-6;/h1-3H3;. The molecule has 0 amide bonds. The van der Waals surface area contributed by atoms with Gasteiger partial charge in [0.2, 0.25) is 0 Å². The van der Waals surface area contributed by atoms with Crippen LogP contribution >= 0.6 is 0 Å². The molecule has 0 radical (unpaired) electrons. The van der Waals surface area contributed by atoms with Crippen molar-refractivity contribution in [1.29, 1.82) is 0 Å². The van der Waals surface area contributed by atoms with Gasteiger partial charge in [0.05, 0.1) is 0 Å². The Kier molecular flexibility index (Phi) is 2.59. The summed E-state index contributed by atoms with van der Waals surface area (Å²) in [7, 11) is 0. The van der Waals surface area contributed by atoms with Gasteiger partial charge >= 0.3 is 58.3 Å². The zero-order chi connectivity index (χ0) is 6.78. The van der Waals surface area contributed by atoms with Crippen LogP contribution in [0.25, 0.3) is 0 Å². The van der Waals surface area contributed by atoms with Crippen LogP contribution < -0.4 is 0 Å². The molecule has 0 unspecified atom stereocenters. The summed E-state index contributed by atoms with van der Waals surface area (Å²) in [5, 5.41) is 0. The third-order valence-corrected chi connectivity index (χ3v) is 0.450. The van der Waals surface area contributed by atoms with E-state index in [1.807, 2.05) is 20.8 Å². The quantitative estimate of drug-likeness (QED) is 0.434. The van der Waals surface area contributed by atoms with Crippen molar-refractivity contribution in [2.75, 3.05) is 0 Å². The first-order chi connectivity index (χ1) is 3.42. The summed E-state index contributed by atoms with van der Waals surface area (Å²) in [6.45, 7) is 5.52. The molecule has 42 valence electrons. The van der Waals surface area contributed by atoms with Crippen molar-refractivity contribution in [3.05, 3.63) is 0 Å². The predicted octanol–water partition coefficient (Wildman–Crippen LogP) is 1.09. The number of rotatable bonds is 0. The third kappa shape index (κ3) is 6.07. The number of ether oxygens (including phenoxy) is 1. The molecule has 8 heavy (non-hydrogen) atoms. The van der Waals surface area contributed by atoms with Gasteiger partial charge in [-0.05, 0) is 0 Å². The molecule has 0 aliphatic rings. The fourth-order valence-corrected chi connectivity index (χ4v) is 0.431. The molecule has 0 atom stereocenters. The zero-order valence-corrected chi connectivity index (χ0v) is 5.82. The molecular formula is C5H9LiO2. The Bertz CT molecular complexity index is 93.1. The van der Waals surface area contributed by atoms with Crippen LogP contribution in [0.15, 0.2) is 0 Å². The van der Waals surface area contributed by atoms with Gasteiger partial charge in [-0.1, -0.05) is 0 Å². The molecule has 3 heteroatoms. The van der Waals surface area contributed by atoms with Crippen molar-refractivity contribution in [3.63, 3.8) is 0 Å². The molecule has 0 heterocycles. The van der Waals surface area contributed by atoms with E-state index in [1.54, 1.807) is 0 Å². The third-order valence-electron chi connectivity index (χ3n) is 0.450. The Balaban J connectivity index is 3.55. The van der Waals surface area contributed by atoms with Crippen molar-refractivity contribution < 1.29 is 9.53 Å². The van der Waals surface area contributed by atoms with E-state index in [1.165, 1.54) is 17.7 Å². The molecular weight excluding hydrogens is 99.0 g/mol. The summed E-state index contributed by atoms with van der Waals surface area (Å²) < 4.78 is 4.57. The average Bonchev–Trinajstić information content (AvgIpc) is 1.21. The Labute approximate surface area is 58.8 Å². The molecule has 0 spiro atoms. The topological polar surface area (TPSA) is 26.3 Å². The molecule has 0 saturated carbocycles. The Morgan fingerprint density at radius 1 is 1.50 bits per heavy atom. The molecule has 0 aliphatic carbocycles. The Morgan fingerprint density at radius 2 is 1.88 bits per heavy atom. The molecule has 0 N–H and O–H groups in total. The van der Waals surface area contributed by atoms with Gasteiger partial charge in [0.25, 0.3) is 0 Å². The summed E-state index contributed by atoms with van der Waals surface area (Å²) >= 11 is 1.41. The Morgan fingerprint density at radius 3 is 1.88 bits per heavy atom. The first-order valence-electron chi connectivity index (χ1n) is 2.61. The second kappa shape index (κ2) is 2.57. The first-order valence-corrected chi connectivity index (χ1v) is 2.61. The SMILES string of the molecule is [Li][C](=O)OC(C)(C)C. The minimum absolute atomic E-state index is 0.225. The van der Waals surface area contributed by atoms with E-state index in [-0.39, 0.29) is 10.2 Å². The summed E-state index contributed by atoms with van der Waals surface area (Å²) in [5.74, 6) is 0. The van der Waals surface area contributed by atoms with Gasteiger partial charge in [-0.15, -0.1) is 0 Å². The Hall–Kier alpha value is 0.0674. The second-order valence-corrected chi connectivity index (χ2v) is 2.71. The molecule has 0 aromatic carbocycles. The number of hydrogen-bond donors (Lipinski definition) is 0. The van der Waals surface area contributed by atoms with Crippen LogP contribution in [0.1, 0.15) is 20.8 Å². The van der Waals surface area contributed by atoms with Crippen LogP contribution in [0, 0.1) is 0 Å². The fourth-order valence-electron chi connectivity index (χ4n) is 0.431. The van der Waals surface area contributed by atoms with Gasteiger partial charge in [-0.25, -0.2) is 0 Å². The van der Waals surface area contributed by atoms with Gasteiger partial charge in [-0.3, -0.25) is 0 Å². The van der Waals surface area contributed by atoms with Gasteiger partial charge in [0, 0.05) is 0 Å². The van der Waals surface area contributed by atoms with Crippen molar-refractivity contribution in [1.82, 2.24) is 0 Å². The molecule has 0 bridgehead atoms. The zero-order valence-electron chi connectivity index (χ0n) is 5.82. The van der Waals surface area contributed by atoms with Crippen LogP contribution in [-0.2, 0) is 4.74 Å². The van der Waals surface area contributed by atoms with E-state index in [2.05, 4.69) is 0 Å². The maximum atomic E-state index is 10.2. The number of carbonyl (C=O) groups is 1. The number of hydrogen-bond acceptors (Lipinski definition) is 2. The van der Waals surface area contributed by atoms with Crippen LogP contribution in [0.3, 0.4) is 0 Å². The molecule has 2 nitrogen and oxygen atoms in total. The van der Waals surface area contributed by atoms with E-state index in [0.717, 1.165) is 0 Å². The van der Waals surface area contributed by atoms with Crippen molar-refractivity contribution in [2.45, 2.75) is 26.4 Å². The molecule has 0 aromatic rings. The van der Waals surface area contributed by atoms with E-state index in [0.29, 0.717) is 0 Å². The molecule has 0 aliphatic heterocycles. The van der Waals surface area contributed by atoms with Crippen molar-refractivity contribution in [3.8, 4) is 0 Å². The van der Waals surface area contributed by atoms with E-state index in [9.17, 15) is 4.79 Å². The van der Waals surface area contributed by atoms with Gasteiger partial charge in [0.1, 0.15) is 0 Å². The monoisotopic (exact) mass is 108 g/mol. The van der Waals surface area contributed by atoms with E-state index >= 15 is 0 Å². The fraction of sp³-hybridized carbons (Fsp3) is 0.800. The summed E-state index contributed by atoms with van der Waals surface area (Å²) in [6, 6.07) is 0. The number of carbonyl (C=O) groups excluding carboxylic acids is 1. The summed E-state index contributed by atoms with van der Waals surface area (Å²) in [4.78, 5) is 10.2. The summed E-state index contributed by atoms with van der Waals surface area (Å²) in [5.41, 5.74) is -0.328. The van der Waals surface area contributed by atoms with Crippen LogP contribution in [0.4, 0.5) is 4.79 Å². The molecule has 0 aromatic heterocycles. The molecule has 0 saturated heterocycles. The van der Waals surface area contributed by atoms with Crippen LogP contribution in [0.2, 0.25) is 0 Å². The van der Waals surface area contributed by atoms with E-state index in [4.69, 9.17) is 4.74 Å². The predicted molar refractivity (Wildman–Crippen MR) is 32.0 cm³/mol. The molecule has 0 fully saturated rings. The first kappa shape index (κ1) is 8.07. The normalized spacial score (nSPS) is 11.1.